The van der Waals surface area contributed by atoms with E-state index in [4.69, 9.17) is 38.6 Å². The lowest BCUT2D eigenvalue weighted by Crippen LogP contribution is -2.53. The zero-order valence-corrected chi connectivity index (χ0v) is 41.8. The highest BCUT2D eigenvalue weighted by Gasteiger charge is 2.41. The molecule has 394 valence electrons. The lowest BCUT2D eigenvalue weighted by Gasteiger charge is -2.34. The minimum atomic E-state index is -1.15. The van der Waals surface area contributed by atoms with E-state index in [2.05, 4.69) is 32.0 Å². The molecule has 0 saturated carbocycles. The first-order valence-electron chi connectivity index (χ1n) is 25.5. The molecule has 9 rings (SSSR count). The van der Waals surface area contributed by atoms with Crippen molar-refractivity contribution in [2.75, 3.05) is 60.3 Å². The third-order valence-corrected chi connectivity index (χ3v) is 14.9. The number of carboxylic acid groups (broad SMARTS) is 1. The summed E-state index contributed by atoms with van der Waals surface area (Å²) in [5.41, 5.74) is 5.63. The maximum atomic E-state index is 14.3. The largest absolute Gasteiger partial charge is 0.480 e. The number of rotatable bonds is 16. The van der Waals surface area contributed by atoms with Crippen LogP contribution in [0.3, 0.4) is 0 Å². The molecular formula is C52H64N10O12. The van der Waals surface area contributed by atoms with Gasteiger partial charge < -0.3 is 64.5 Å². The molecule has 0 radical (unpaired) electrons. The van der Waals surface area contributed by atoms with Crippen LogP contribution >= 0.6 is 0 Å². The molecule has 5 aromatic rings. The summed E-state index contributed by atoms with van der Waals surface area (Å²) in [6.45, 7) is 4.52. The van der Waals surface area contributed by atoms with E-state index in [-0.39, 0.29) is 42.7 Å². The van der Waals surface area contributed by atoms with Crippen LogP contribution in [0.5, 0.6) is 0 Å². The highest BCUT2D eigenvalue weighted by molar-refractivity contribution is 5.90. The van der Waals surface area contributed by atoms with E-state index in [1.54, 1.807) is 18.0 Å². The molecule has 2 aromatic carbocycles. The summed E-state index contributed by atoms with van der Waals surface area (Å²) in [4.78, 5) is 103. The molecular weight excluding hydrogens is 957 g/mol. The zero-order valence-electron chi connectivity index (χ0n) is 41.8. The summed E-state index contributed by atoms with van der Waals surface area (Å²) in [6, 6.07) is 12.4. The van der Waals surface area contributed by atoms with Gasteiger partial charge in [0.15, 0.2) is 0 Å². The molecule has 22 nitrogen and oxygen atoms in total. The van der Waals surface area contributed by atoms with Gasteiger partial charge in [0, 0.05) is 44.9 Å². The normalized spacial score (nSPS) is 20.1. The van der Waals surface area contributed by atoms with Gasteiger partial charge in [0.2, 0.25) is 11.8 Å². The number of fused-ring (bicyclic) bond motifs is 2. The molecule has 4 saturated heterocycles. The van der Waals surface area contributed by atoms with Crippen LogP contribution in [-0.2, 0) is 38.1 Å². The van der Waals surface area contributed by atoms with Gasteiger partial charge in [-0.25, -0.2) is 34.1 Å². The predicted molar refractivity (Wildman–Crippen MR) is 267 cm³/mol. The second kappa shape index (κ2) is 23.3. The van der Waals surface area contributed by atoms with Crippen molar-refractivity contribution in [1.82, 2.24) is 50.7 Å². The fraction of sp³-hybridized carbons (Fsp3) is 0.519. The van der Waals surface area contributed by atoms with E-state index in [9.17, 15) is 33.9 Å². The van der Waals surface area contributed by atoms with Crippen molar-refractivity contribution in [3.8, 4) is 22.5 Å². The summed E-state index contributed by atoms with van der Waals surface area (Å²) in [5.74, 6) is -1.22. The lowest BCUT2D eigenvalue weighted by molar-refractivity contribution is -0.142. The molecule has 6 unspecified atom stereocenters. The number of hydrogen-bond acceptors (Lipinski definition) is 14. The van der Waals surface area contributed by atoms with Crippen LogP contribution in [0.1, 0.15) is 88.4 Å². The number of hydrogen-bond donors (Lipinski definition) is 6. The molecule has 3 aromatic heterocycles. The highest BCUT2D eigenvalue weighted by Crippen LogP contribution is 2.36. The Hall–Kier alpha value is -7.33. The predicted octanol–water partition coefficient (Wildman–Crippen LogP) is 6.00. The van der Waals surface area contributed by atoms with E-state index in [1.807, 2.05) is 47.4 Å². The average molecular weight is 1020 g/mol. The molecule has 0 bridgehead atoms. The lowest BCUT2D eigenvalue weighted by atomic mass is 9.90. The molecule has 4 fully saturated rings. The van der Waals surface area contributed by atoms with Crippen LogP contribution in [0.4, 0.5) is 14.4 Å². The first-order valence-corrected chi connectivity index (χ1v) is 25.5. The van der Waals surface area contributed by atoms with Crippen LogP contribution in [0.25, 0.3) is 44.5 Å². The van der Waals surface area contributed by atoms with Crippen LogP contribution in [0, 0.1) is 17.8 Å². The summed E-state index contributed by atoms with van der Waals surface area (Å²) < 4.78 is 26.0. The zero-order chi connectivity index (χ0) is 51.9. The van der Waals surface area contributed by atoms with E-state index in [1.165, 1.54) is 14.2 Å². The number of carbonyl (C=O) groups excluding carboxylic acids is 5. The molecule has 22 heteroatoms. The Morgan fingerprint density at radius 1 is 0.703 bits per heavy atom. The van der Waals surface area contributed by atoms with Crippen LogP contribution in [0.15, 0.2) is 54.7 Å². The number of aromatic amines is 2. The summed E-state index contributed by atoms with van der Waals surface area (Å²) in [6.07, 6.45) is 4.85. The van der Waals surface area contributed by atoms with Crippen molar-refractivity contribution in [3.63, 3.8) is 0 Å². The van der Waals surface area contributed by atoms with Crippen molar-refractivity contribution in [2.24, 2.45) is 17.8 Å². The number of imidazole rings is 2. The van der Waals surface area contributed by atoms with E-state index < -0.39 is 54.3 Å². The van der Waals surface area contributed by atoms with Crippen LogP contribution < -0.4 is 16.0 Å². The van der Waals surface area contributed by atoms with Gasteiger partial charge in [-0.05, 0) is 117 Å². The van der Waals surface area contributed by atoms with Gasteiger partial charge in [0.05, 0.1) is 67.0 Å². The van der Waals surface area contributed by atoms with Crippen LogP contribution in [-0.4, -0.2) is 154 Å². The van der Waals surface area contributed by atoms with Gasteiger partial charge in [0.1, 0.15) is 29.8 Å². The smallest absolute Gasteiger partial charge is 0.407 e. The Morgan fingerprint density at radius 3 is 1.99 bits per heavy atom. The first kappa shape index (κ1) is 51.6. The van der Waals surface area contributed by atoms with Gasteiger partial charge in [-0.2, -0.15) is 0 Å². The number of H-pyrrole nitrogens is 2. The van der Waals surface area contributed by atoms with Crippen LogP contribution in [0.2, 0.25) is 0 Å². The molecule has 0 aliphatic carbocycles. The highest BCUT2D eigenvalue weighted by atomic mass is 16.6. The van der Waals surface area contributed by atoms with Gasteiger partial charge in [0.25, 0.3) is 0 Å². The number of benzene rings is 2. The SMILES string of the molecule is COC(=O)NC(C(=O)N1CCCC1c1nc2ccc(-c3ccc4nc(-c5cnc(C6CCCN6C(=O)C(NC(=O)OC)C6CCOCC6)[nH]5)ccc4c3)cc2[nH]1)C(C)CCOC(=O)NC(C(=O)O)C1CCOCC1. The number of ether oxygens (including phenoxy) is 5. The number of aliphatic carboxylic acids is 1. The first-order chi connectivity index (χ1) is 35.9. The number of carboxylic acids is 1. The number of aromatic nitrogens is 5. The summed E-state index contributed by atoms with van der Waals surface area (Å²) >= 11 is 0. The molecule has 6 N–H and O–H groups in total. The van der Waals surface area contributed by atoms with Gasteiger partial charge in [-0.1, -0.05) is 25.1 Å². The third kappa shape index (κ3) is 11.5. The number of amides is 5. The number of alkyl carbamates (subject to hydrolysis) is 3. The Bertz CT molecular complexity index is 2840. The Balaban J connectivity index is 0.848. The molecule has 4 aliphatic rings. The van der Waals surface area contributed by atoms with Gasteiger partial charge in [-0.15, -0.1) is 0 Å². The van der Waals surface area contributed by atoms with Crippen molar-refractivity contribution in [1.29, 1.82) is 0 Å². The van der Waals surface area contributed by atoms with Gasteiger partial charge in [-0.3, -0.25) is 9.59 Å². The average Bonchev–Trinajstić information content (AvgIpc) is 4.28. The quantitative estimate of drug-likeness (QED) is 0.0618. The molecule has 7 heterocycles. The van der Waals surface area contributed by atoms with E-state index >= 15 is 0 Å². The maximum Gasteiger partial charge on any atom is 0.407 e. The Kier molecular flexibility index (Phi) is 16.2. The fourth-order valence-corrected chi connectivity index (χ4v) is 10.8. The number of likely N-dealkylation sites (tertiary alicyclic amines) is 2. The number of carbonyl (C=O) groups is 6. The van der Waals surface area contributed by atoms with Crippen molar-refractivity contribution in [3.05, 3.63) is 66.4 Å². The number of methoxy groups -OCH3 is 2. The van der Waals surface area contributed by atoms with Crippen molar-refractivity contribution < 1.29 is 57.6 Å². The van der Waals surface area contributed by atoms with Crippen molar-refractivity contribution in [2.45, 2.75) is 94.9 Å². The molecule has 74 heavy (non-hydrogen) atoms. The monoisotopic (exact) mass is 1020 g/mol. The van der Waals surface area contributed by atoms with Gasteiger partial charge >= 0.3 is 24.2 Å². The second-order valence-corrected chi connectivity index (χ2v) is 19.5. The topological polar surface area (TPSA) is 282 Å². The minimum absolute atomic E-state index is 0.0639. The number of pyridine rings is 1. The standard InChI is InChI=1S/C52H64N10O12/c1-29(14-25-74-52(69)60-44(49(65)66)31-17-23-73-24-18-31)42(58-50(67)70-2)47(63)62-20-5-7-41(62)46-55-36-12-9-33(27-38(36)56-46)32-8-11-35-34(26-32)10-13-37(54-35)39-28-53-45(57-39)40-6-4-19-61(40)48(64)43(59-51(68)71-3)30-15-21-72-22-16-30/h8-13,26-31,40-44H,4-7,14-25H2,1-3H3,(H,53,57)(H,55,56)(H,58,67)(H,59,68)(H,60,69)(H,65,66). The third-order valence-electron chi connectivity index (χ3n) is 14.9. The molecule has 5 amide bonds. The summed E-state index contributed by atoms with van der Waals surface area (Å²) in [7, 11) is 2.51. The fourth-order valence-electron chi connectivity index (χ4n) is 10.8. The maximum absolute atomic E-state index is 14.3. The Labute approximate surface area is 427 Å². The number of nitrogens with zero attached hydrogens (tertiary/aromatic N) is 5. The molecule has 4 aliphatic heterocycles. The minimum Gasteiger partial charge on any atom is -0.480 e. The van der Waals surface area contributed by atoms with E-state index in [0.29, 0.717) is 95.4 Å². The molecule has 0 spiro atoms. The van der Waals surface area contributed by atoms with E-state index in [0.717, 1.165) is 51.6 Å². The Morgan fingerprint density at radius 2 is 1.31 bits per heavy atom. The number of nitrogens with one attached hydrogen (secondary N) is 5. The molecule has 6 atom stereocenters. The summed E-state index contributed by atoms with van der Waals surface area (Å²) in [5, 5.41) is 18.6. The van der Waals surface area contributed by atoms with Crippen molar-refractivity contribution >= 4 is 58.0 Å². The second-order valence-electron chi connectivity index (χ2n) is 19.5.